The molecular formula is C19H22N2O2. The third-order valence-corrected chi connectivity index (χ3v) is 2.57. The molecule has 0 aliphatic heterocycles. The topological polar surface area (TPSA) is 55.1 Å². The van der Waals surface area contributed by atoms with Crippen LogP contribution in [0.2, 0.25) is 0 Å². The Hall–Kier alpha value is -2.80. The first kappa shape index (κ1) is 18.2. The molecule has 0 aliphatic carbocycles. The van der Waals surface area contributed by atoms with Gasteiger partial charge in [0.25, 0.3) is 0 Å². The van der Waals surface area contributed by atoms with Crippen LogP contribution in [-0.4, -0.2) is 11.6 Å². The van der Waals surface area contributed by atoms with E-state index in [1.54, 1.807) is 18.3 Å². The van der Waals surface area contributed by atoms with E-state index in [1.807, 2.05) is 24.3 Å². The van der Waals surface area contributed by atoms with Gasteiger partial charge in [-0.2, -0.15) is 5.26 Å². The zero-order valence-corrected chi connectivity index (χ0v) is 13.7. The van der Waals surface area contributed by atoms with Crippen molar-refractivity contribution >= 4 is 0 Å². The molecule has 2 rings (SSSR count). The molecule has 0 aliphatic rings. The molecule has 0 spiro atoms. The second kappa shape index (κ2) is 10.9. The lowest BCUT2D eigenvalue weighted by molar-refractivity contribution is 0.302. The Balaban J connectivity index is 0.000000816. The standard InChI is InChI=1S/C16H14N2O2.C3H8/c1-2-8-19-15-5-3-4-13(9-15)12-20-16-11-18-7-6-14(16)10-17;1-3-2/h2-7,9,11H,1,8,12H2;3H2,1-2H3. The molecule has 0 bridgehead atoms. The van der Waals surface area contributed by atoms with Crippen molar-refractivity contribution in [1.29, 1.82) is 5.26 Å². The highest BCUT2D eigenvalue weighted by Gasteiger charge is 2.03. The van der Waals surface area contributed by atoms with Gasteiger partial charge in [-0.1, -0.05) is 45.1 Å². The molecule has 2 aromatic rings. The largest absolute Gasteiger partial charge is 0.490 e. The van der Waals surface area contributed by atoms with E-state index in [0.717, 1.165) is 11.3 Å². The second-order valence-electron chi connectivity index (χ2n) is 4.73. The molecule has 0 N–H and O–H groups in total. The summed E-state index contributed by atoms with van der Waals surface area (Å²) in [5.74, 6) is 1.24. The fourth-order valence-electron chi connectivity index (χ4n) is 1.63. The summed E-state index contributed by atoms with van der Waals surface area (Å²) in [6.45, 7) is 8.67. The minimum atomic E-state index is 0.353. The van der Waals surface area contributed by atoms with E-state index in [9.17, 15) is 0 Å². The van der Waals surface area contributed by atoms with Crippen LogP contribution in [0.15, 0.2) is 55.4 Å². The first-order valence-corrected chi connectivity index (χ1v) is 7.54. The SMILES string of the molecule is C=CCOc1cccc(COc2cnccc2C#N)c1.CCC. The van der Waals surface area contributed by atoms with Crippen LogP contribution < -0.4 is 9.47 Å². The van der Waals surface area contributed by atoms with Crippen LogP contribution in [0.1, 0.15) is 31.4 Å². The van der Waals surface area contributed by atoms with Gasteiger partial charge in [-0.05, 0) is 23.8 Å². The van der Waals surface area contributed by atoms with E-state index in [0.29, 0.717) is 24.5 Å². The van der Waals surface area contributed by atoms with Crippen LogP contribution in [0.5, 0.6) is 11.5 Å². The van der Waals surface area contributed by atoms with Gasteiger partial charge < -0.3 is 9.47 Å². The van der Waals surface area contributed by atoms with Crippen LogP contribution >= 0.6 is 0 Å². The molecule has 0 saturated carbocycles. The average Bonchev–Trinajstić information content (AvgIpc) is 2.59. The second-order valence-corrected chi connectivity index (χ2v) is 4.73. The fourth-order valence-corrected chi connectivity index (χ4v) is 1.63. The molecule has 0 saturated heterocycles. The number of benzene rings is 1. The lowest BCUT2D eigenvalue weighted by Crippen LogP contribution is -1.99. The van der Waals surface area contributed by atoms with Gasteiger partial charge in [0.1, 0.15) is 25.0 Å². The number of pyridine rings is 1. The molecule has 0 fully saturated rings. The van der Waals surface area contributed by atoms with Crippen LogP contribution in [0.4, 0.5) is 0 Å². The highest BCUT2D eigenvalue weighted by atomic mass is 16.5. The minimum Gasteiger partial charge on any atom is -0.490 e. The van der Waals surface area contributed by atoms with Gasteiger partial charge >= 0.3 is 0 Å². The van der Waals surface area contributed by atoms with Crippen LogP contribution in [0.3, 0.4) is 0 Å². The van der Waals surface area contributed by atoms with Gasteiger partial charge in [0.05, 0.1) is 11.8 Å². The van der Waals surface area contributed by atoms with Crippen molar-refractivity contribution in [2.45, 2.75) is 26.9 Å². The highest BCUT2D eigenvalue weighted by Crippen LogP contribution is 2.19. The van der Waals surface area contributed by atoms with Gasteiger partial charge in [-0.25, -0.2) is 0 Å². The fraction of sp³-hybridized carbons (Fsp3) is 0.263. The van der Waals surface area contributed by atoms with Crippen molar-refractivity contribution in [1.82, 2.24) is 4.98 Å². The molecule has 0 amide bonds. The van der Waals surface area contributed by atoms with Gasteiger partial charge in [-0.3, -0.25) is 4.98 Å². The quantitative estimate of drug-likeness (QED) is 0.736. The molecule has 120 valence electrons. The number of ether oxygens (including phenoxy) is 2. The first-order chi connectivity index (χ1) is 11.2. The smallest absolute Gasteiger partial charge is 0.155 e. The summed E-state index contributed by atoms with van der Waals surface area (Å²) in [4.78, 5) is 3.95. The van der Waals surface area contributed by atoms with E-state index in [1.165, 1.54) is 12.6 Å². The molecule has 0 radical (unpaired) electrons. The molecule has 1 heterocycles. The Kier molecular flexibility index (Phi) is 8.62. The van der Waals surface area contributed by atoms with Gasteiger partial charge in [0.15, 0.2) is 5.75 Å². The van der Waals surface area contributed by atoms with E-state index in [2.05, 4.69) is 31.5 Å². The van der Waals surface area contributed by atoms with Crippen molar-refractivity contribution in [3.63, 3.8) is 0 Å². The van der Waals surface area contributed by atoms with Crippen LogP contribution in [0.25, 0.3) is 0 Å². The maximum absolute atomic E-state index is 8.97. The Morgan fingerprint density at radius 1 is 1.26 bits per heavy atom. The van der Waals surface area contributed by atoms with Crippen molar-refractivity contribution < 1.29 is 9.47 Å². The summed E-state index contributed by atoms with van der Waals surface area (Å²) in [6.07, 6.45) is 6.05. The van der Waals surface area contributed by atoms with Crippen molar-refractivity contribution in [3.8, 4) is 17.6 Å². The normalized spacial score (nSPS) is 9.09. The number of aromatic nitrogens is 1. The third kappa shape index (κ3) is 6.66. The number of nitrogens with zero attached hydrogens (tertiary/aromatic N) is 2. The maximum Gasteiger partial charge on any atom is 0.155 e. The average molecular weight is 310 g/mol. The molecular weight excluding hydrogens is 288 g/mol. The summed E-state index contributed by atoms with van der Waals surface area (Å²) >= 11 is 0. The number of rotatable bonds is 6. The predicted octanol–water partition coefficient (Wildman–Crippen LogP) is 4.51. The van der Waals surface area contributed by atoms with Crippen molar-refractivity contribution in [2.75, 3.05) is 6.61 Å². The Morgan fingerprint density at radius 2 is 2.04 bits per heavy atom. The summed E-state index contributed by atoms with van der Waals surface area (Å²) in [5.41, 5.74) is 1.43. The van der Waals surface area contributed by atoms with Gasteiger partial charge in [0, 0.05) is 6.20 Å². The minimum absolute atomic E-state index is 0.353. The summed E-state index contributed by atoms with van der Waals surface area (Å²) in [6, 6.07) is 11.3. The molecule has 4 nitrogen and oxygen atoms in total. The van der Waals surface area contributed by atoms with E-state index in [4.69, 9.17) is 14.7 Å². The monoisotopic (exact) mass is 310 g/mol. The Morgan fingerprint density at radius 3 is 2.74 bits per heavy atom. The number of nitriles is 1. The summed E-state index contributed by atoms with van der Waals surface area (Å²) < 4.78 is 11.1. The van der Waals surface area contributed by atoms with Gasteiger partial charge in [0.2, 0.25) is 0 Å². The summed E-state index contributed by atoms with van der Waals surface area (Å²) in [7, 11) is 0. The zero-order valence-electron chi connectivity index (χ0n) is 13.7. The van der Waals surface area contributed by atoms with E-state index >= 15 is 0 Å². The van der Waals surface area contributed by atoms with Crippen LogP contribution in [0, 0.1) is 11.3 Å². The van der Waals surface area contributed by atoms with E-state index in [-0.39, 0.29) is 0 Å². The zero-order chi connectivity index (χ0) is 16.9. The van der Waals surface area contributed by atoms with Gasteiger partial charge in [-0.15, -0.1) is 0 Å². The molecule has 23 heavy (non-hydrogen) atoms. The molecule has 0 atom stereocenters. The molecule has 1 aromatic heterocycles. The van der Waals surface area contributed by atoms with Crippen molar-refractivity contribution in [3.05, 3.63) is 66.5 Å². The molecule has 0 unspecified atom stereocenters. The molecule has 1 aromatic carbocycles. The van der Waals surface area contributed by atoms with Crippen LogP contribution in [-0.2, 0) is 6.61 Å². The maximum atomic E-state index is 8.97. The van der Waals surface area contributed by atoms with E-state index < -0.39 is 0 Å². The Labute approximate surface area is 138 Å². The predicted molar refractivity (Wildman–Crippen MR) is 91.4 cm³/mol. The van der Waals surface area contributed by atoms with Crippen molar-refractivity contribution in [2.24, 2.45) is 0 Å². The first-order valence-electron chi connectivity index (χ1n) is 7.54. The highest BCUT2D eigenvalue weighted by molar-refractivity contribution is 5.40. The molecule has 4 heteroatoms. The lowest BCUT2D eigenvalue weighted by atomic mass is 10.2. The summed E-state index contributed by atoms with van der Waals surface area (Å²) in [5, 5.41) is 8.97. The Bertz CT molecular complexity index is 648. The third-order valence-electron chi connectivity index (χ3n) is 2.57. The number of hydrogen-bond acceptors (Lipinski definition) is 4. The number of hydrogen-bond donors (Lipinski definition) is 0. The lowest BCUT2D eigenvalue weighted by Gasteiger charge is -2.09.